The molecule has 0 saturated heterocycles. The summed E-state index contributed by atoms with van der Waals surface area (Å²) in [7, 11) is 0. The zero-order chi connectivity index (χ0) is 18.9. The standard InChI is InChI=1S/C19H25N3O4/c1-19(2,11-23)21-18(26)20-12-8-9-14-15(10-12)17(25)22(16(14)24)13-6-4-3-5-7-13/h8-10,13,23H,3-7,11H2,1-2H3,(H2,20,21,26). The Bertz CT molecular complexity index is 738. The van der Waals surface area contributed by atoms with Crippen LogP contribution in [0.25, 0.3) is 0 Å². The van der Waals surface area contributed by atoms with Crippen LogP contribution in [-0.4, -0.2) is 46.0 Å². The number of aliphatic hydroxyl groups excluding tert-OH is 1. The van der Waals surface area contributed by atoms with Crippen LogP contribution in [0.2, 0.25) is 0 Å². The van der Waals surface area contributed by atoms with E-state index in [9.17, 15) is 19.5 Å². The van der Waals surface area contributed by atoms with E-state index >= 15 is 0 Å². The molecule has 1 fully saturated rings. The number of benzene rings is 1. The summed E-state index contributed by atoms with van der Waals surface area (Å²) < 4.78 is 0. The van der Waals surface area contributed by atoms with E-state index in [1.165, 1.54) is 4.90 Å². The summed E-state index contributed by atoms with van der Waals surface area (Å²) in [6.07, 6.45) is 4.93. The van der Waals surface area contributed by atoms with Crippen LogP contribution >= 0.6 is 0 Å². The first kappa shape index (κ1) is 18.4. The number of rotatable bonds is 4. The summed E-state index contributed by atoms with van der Waals surface area (Å²) >= 11 is 0. The highest BCUT2D eigenvalue weighted by molar-refractivity contribution is 6.22. The number of fused-ring (bicyclic) bond motifs is 1. The summed E-state index contributed by atoms with van der Waals surface area (Å²) in [5.41, 5.74) is 0.397. The summed E-state index contributed by atoms with van der Waals surface area (Å²) in [6.45, 7) is 3.19. The van der Waals surface area contributed by atoms with Gasteiger partial charge >= 0.3 is 6.03 Å². The number of hydrogen-bond donors (Lipinski definition) is 3. The normalized spacial score (nSPS) is 18.0. The zero-order valence-electron chi connectivity index (χ0n) is 15.2. The first-order valence-corrected chi connectivity index (χ1v) is 9.04. The molecule has 0 aromatic heterocycles. The van der Waals surface area contributed by atoms with E-state index in [4.69, 9.17) is 0 Å². The molecular weight excluding hydrogens is 334 g/mol. The molecule has 0 bridgehead atoms. The molecule has 0 atom stereocenters. The topological polar surface area (TPSA) is 98.7 Å². The molecule has 140 valence electrons. The van der Waals surface area contributed by atoms with Crippen molar-refractivity contribution in [1.29, 1.82) is 0 Å². The molecule has 0 unspecified atom stereocenters. The molecule has 1 saturated carbocycles. The second-order valence-electron chi connectivity index (χ2n) is 7.65. The summed E-state index contributed by atoms with van der Waals surface area (Å²) in [6, 6.07) is 4.24. The first-order chi connectivity index (χ1) is 12.3. The first-order valence-electron chi connectivity index (χ1n) is 9.04. The van der Waals surface area contributed by atoms with E-state index in [0.29, 0.717) is 16.8 Å². The van der Waals surface area contributed by atoms with Gasteiger partial charge in [0.25, 0.3) is 11.8 Å². The van der Waals surface area contributed by atoms with Crippen molar-refractivity contribution in [3.8, 4) is 0 Å². The van der Waals surface area contributed by atoms with Crippen molar-refractivity contribution in [3.63, 3.8) is 0 Å². The number of carbonyl (C=O) groups is 3. The maximum Gasteiger partial charge on any atom is 0.319 e. The average Bonchev–Trinajstić information content (AvgIpc) is 2.86. The number of urea groups is 1. The van der Waals surface area contributed by atoms with Gasteiger partial charge in [-0.3, -0.25) is 14.5 Å². The number of nitrogens with zero attached hydrogens (tertiary/aromatic N) is 1. The molecule has 1 aromatic rings. The third-order valence-electron chi connectivity index (χ3n) is 4.96. The average molecular weight is 359 g/mol. The van der Waals surface area contributed by atoms with E-state index in [-0.39, 0.29) is 24.5 Å². The van der Waals surface area contributed by atoms with Crippen LogP contribution in [0.15, 0.2) is 18.2 Å². The van der Waals surface area contributed by atoms with Crippen molar-refractivity contribution in [3.05, 3.63) is 29.3 Å². The molecule has 1 heterocycles. The molecule has 4 amide bonds. The van der Waals surface area contributed by atoms with Gasteiger partial charge in [0.1, 0.15) is 0 Å². The SMILES string of the molecule is CC(C)(CO)NC(=O)Nc1ccc2c(c1)C(=O)N(C1CCCCC1)C2=O. The van der Waals surface area contributed by atoms with Gasteiger partial charge in [-0.05, 0) is 44.9 Å². The number of amides is 4. The van der Waals surface area contributed by atoms with Crippen molar-refractivity contribution in [2.75, 3.05) is 11.9 Å². The largest absolute Gasteiger partial charge is 0.394 e. The molecule has 7 heteroatoms. The Morgan fingerprint density at radius 1 is 1.15 bits per heavy atom. The predicted octanol–water partition coefficient (Wildman–Crippen LogP) is 2.51. The minimum atomic E-state index is -0.760. The van der Waals surface area contributed by atoms with E-state index in [0.717, 1.165) is 32.1 Å². The fourth-order valence-electron chi connectivity index (χ4n) is 3.52. The van der Waals surface area contributed by atoms with E-state index in [1.54, 1.807) is 32.0 Å². The molecule has 1 aliphatic heterocycles. The summed E-state index contributed by atoms with van der Waals surface area (Å²) in [5, 5.41) is 14.5. The molecule has 26 heavy (non-hydrogen) atoms. The molecule has 1 aromatic carbocycles. The quantitative estimate of drug-likeness (QED) is 0.719. The summed E-state index contributed by atoms with van der Waals surface area (Å²) in [4.78, 5) is 38.8. The monoisotopic (exact) mass is 359 g/mol. The van der Waals surface area contributed by atoms with Crippen LogP contribution < -0.4 is 10.6 Å². The van der Waals surface area contributed by atoms with Crippen LogP contribution in [-0.2, 0) is 0 Å². The molecule has 3 rings (SSSR count). The van der Waals surface area contributed by atoms with Crippen molar-refractivity contribution in [2.24, 2.45) is 0 Å². The highest BCUT2D eigenvalue weighted by atomic mass is 16.3. The van der Waals surface area contributed by atoms with Gasteiger partial charge in [0.05, 0.1) is 23.3 Å². The zero-order valence-corrected chi connectivity index (χ0v) is 15.2. The Morgan fingerprint density at radius 3 is 2.46 bits per heavy atom. The van der Waals surface area contributed by atoms with Crippen molar-refractivity contribution >= 4 is 23.5 Å². The molecule has 0 spiro atoms. The number of nitrogens with one attached hydrogen (secondary N) is 2. The smallest absolute Gasteiger partial charge is 0.319 e. The highest BCUT2D eigenvalue weighted by Crippen LogP contribution is 2.32. The molecular formula is C19H25N3O4. The fraction of sp³-hybridized carbons (Fsp3) is 0.526. The summed E-state index contributed by atoms with van der Waals surface area (Å²) in [5.74, 6) is -0.522. The molecule has 2 aliphatic rings. The number of imide groups is 1. The number of anilines is 1. The van der Waals surface area contributed by atoms with E-state index in [2.05, 4.69) is 10.6 Å². The molecule has 0 radical (unpaired) electrons. The van der Waals surface area contributed by atoms with Gasteiger partial charge < -0.3 is 15.7 Å². The van der Waals surface area contributed by atoms with Gasteiger partial charge in [-0.25, -0.2) is 4.79 Å². The lowest BCUT2D eigenvalue weighted by atomic mass is 9.94. The van der Waals surface area contributed by atoms with Crippen molar-refractivity contribution < 1.29 is 19.5 Å². The molecule has 7 nitrogen and oxygen atoms in total. The molecule has 1 aliphatic carbocycles. The van der Waals surface area contributed by atoms with Gasteiger partial charge in [0.15, 0.2) is 0 Å². The fourth-order valence-corrected chi connectivity index (χ4v) is 3.52. The van der Waals surface area contributed by atoms with E-state index < -0.39 is 11.6 Å². The van der Waals surface area contributed by atoms with Gasteiger partial charge in [-0.2, -0.15) is 0 Å². The number of aliphatic hydroxyl groups is 1. The van der Waals surface area contributed by atoms with Crippen LogP contribution in [0.4, 0.5) is 10.5 Å². The number of carbonyl (C=O) groups excluding carboxylic acids is 3. The highest BCUT2D eigenvalue weighted by Gasteiger charge is 2.40. The van der Waals surface area contributed by atoms with Crippen LogP contribution in [0.3, 0.4) is 0 Å². The predicted molar refractivity (Wildman–Crippen MR) is 97.1 cm³/mol. The van der Waals surface area contributed by atoms with Gasteiger partial charge in [-0.1, -0.05) is 19.3 Å². The van der Waals surface area contributed by atoms with Crippen LogP contribution in [0.5, 0.6) is 0 Å². The van der Waals surface area contributed by atoms with E-state index in [1.807, 2.05) is 0 Å². The Hall–Kier alpha value is -2.41. The lowest BCUT2D eigenvalue weighted by molar-refractivity contribution is 0.0549. The third-order valence-corrected chi connectivity index (χ3v) is 4.96. The van der Waals surface area contributed by atoms with Gasteiger partial charge in [-0.15, -0.1) is 0 Å². The van der Waals surface area contributed by atoms with Crippen molar-refractivity contribution in [2.45, 2.75) is 57.5 Å². The lowest BCUT2D eigenvalue weighted by Crippen LogP contribution is -2.48. The minimum absolute atomic E-state index is 0.0267. The Balaban J connectivity index is 1.76. The third kappa shape index (κ3) is 3.58. The maximum atomic E-state index is 12.8. The lowest BCUT2D eigenvalue weighted by Gasteiger charge is -2.29. The molecule has 3 N–H and O–H groups in total. The Labute approximate surface area is 152 Å². The minimum Gasteiger partial charge on any atom is -0.394 e. The second-order valence-corrected chi connectivity index (χ2v) is 7.65. The van der Waals surface area contributed by atoms with Gasteiger partial charge in [0.2, 0.25) is 0 Å². The Kier molecular flexibility index (Phi) is 5.00. The maximum absolute atomic E-state index is 12.8. The Morgan fingerprint density at radius 2 is 1.81 bits per heavy atom. The van der Waals surface area contributed by atoms with Gasteiger partial charge in [0, 0.05) is 11.7 Å². The van der Waals surface area contributed by atoms with Crippen molar-refractivity contribution in [1.82, 2.24) is 10.2 Å². The van der Waals surface area contributed by atoms with Crippen LogP contribution in [0.1, 0.15) is 66.7 Å². The second kappa shape index (κ2) is 7.07. The van der Waals surface area contributed by atoms with Crippen LogP contribution in [0, 0.1) is 0 Å². The number of hydrogen-bond acceptors (Lipinski definition) is 4.